The minimum atomic E-state index is -0.741. The van der Waals surface area contributed by atoms with Crippen LogP contribution >= 0.6 is 11.8 Å². The monoisotopic (exact) mass is 593 g/mol. The molecule has 2 amide bonds. The molecular weight excluding hydrogens is 550 g/mol. The summed E-state index contributed by atoms with van der Waals surface area (Å²) in [5.74, 6) is 2.18. The summed E-state index contributed by atoms with van der Waals surface area (Å²) in [5, 5.41) is 11.8. The van der Waals surface area contributed by atoms with E-state index in [-0.39, 0.29) is 40.9 Å². The number of ether oxygens (including phenoxy) is 1. The van der Waals surface area contributed by atoms with Crippen LogP contribution in [0, 0.1) is 17.8 Å². The van der Waals surface area contributed by atoms with E-state index in [2.05, 4.69) is 34.6 Å². The summed E-state index contributed by atoms with van der Waals surface area (Å²) in [6.45, 7) is 7.99. The van der Waals surface area contributed by atoms with Crippen LogP contribution in [0.3, 0.4) is 0 Å². The Balaban J connectivity index is 1.09. The van der Waals surface area contributed by atoms with Crippen LogP contribution in [0.5, 0.6) is 5.88 Å². The fourth-order valence-corrected chi connectivity index (χ4v) is 8.65. The summed E-state index contributed by atoms with van der Waals surface area (Å²) in [6.07, 6.45) is 9.43. The van der Waals surface area contributed by atoms with Gasteiger partial charge in [-0.15, -0.1) is 11.8 Å². The van der Waals surface area contributed by atoms with Crippen molar-refractivity contribution in [2.45, 2.75) is 99.9 Å². The number of fused-ring (bicyclic) bond motifs is 1. The number of hydrogen-bond acceptors (Lipinski definition) is 7. The molecule has 2 aromatic heterocycles. The molecule has 1 aromatic carbocycles. The molecule has 3 aromatic rings. The summed E-state index contributed by atoms with van der Waals surface area (Å²) in [4.78, 5) is 30.5. The lowest BCUT2D eigenvalue weighted by Crippen LogP contribution is -2.59. The van der Waals surface area contributed by atoms with Crippen molar-refractivity contribution >= 4 is 34.5 Å². The van der Waals surface area contributed by atoms with Gasteiger partial charge in [-0.1, -0.05) is 32.0 Å². The highest BCUT2D eigenvalue weighted by atomic mass is 32.2. The molecule has 4 saturated carbocycles. The number of H-pyrrole nitrogens is 1. The van der Waals surface area contributed by atoms with Gasteiger partial charge >= 0.3 is 0 Å². The first-order valence-corrected chi connectivity index (χ1v) is 16.1. The molecule has 9 nitrogen and oxygen atoms in total. The summed E-state index contributed by atoms with van der Waals surface area (Å²) in [7, 11) is 0. The molecule has 7 rings (SSSR count). The average molecular weight is 594 g/mol. The van der Waals surface area contributed by atoms with Crippen LogP contribution < -0.4 is 21.1 Å². The standard InChI is InChI=1S/C32H43N5O4S/c1-18(2)42-27-26(29(39)36-32-13-19-9-20(14-32)11-21(10-19)15-32)41-37-30(27)40-17-31(3,4)35-28(38)24(33)12-22-16-34-25-8-6-5-7-23(22)25/h5-8,16,18-21,24,34H,9-15,17,33H2,1-4H3,(H,35,38)(H,36,39). The van der Waals surface area contributed by atoms with Crippen molar-refractivity contribution in [1.82, 2.24) is 20.8 Å². The number of carbonyl (C=O) groups excluding carboxylic acids is 2. The molecule has 4 aliphatic carbocycles. The Kier molecular flexibility index (Phi) is 7.81. The Morgan fingerprint density at radius 3 is 2.50 bits per heavy atom. The molecule has 5 N–H and O–H groups in total. The van der Waals surface area contributed by atoms with E-state index in [4.69, 9.17) is 15.0 Å². The highest BCUT2D eigenvalue weighted by Gasteiger charge is 2.52. The molecule has 10 heteroatoms. The molecular formula is C32H43N5O4S. The van der Waals surface area contributed by atoms with Crippen molar-refractivity contribution in [2.24, 2.45) is 23.5 Å². The molecule has 42 heavy (non-hydrogen) atoms. The van der Waals surface area contributed by atoms with Crippen LogP contribution in [0.2, 0.25) is 0 Å². The van der Waals surface area contributed by atoms with E-state index in [1.165, 1.54) is 31.0 Å². The number of para-hydroxylation sites is 1. The zero-order chi connectivity index (χ0) is 29.6. The summed E-state index contributed by atoms with van der Waals surface area (Å²) >= 11 is 1.50. The van der Waals surface area contributed by atoms with E-state index in [1.807, 2.05) is 44.3 Å². The first-order chi connectivity index (χ1) is 20.0. The highest BCUT2D eigenvalue weighted by molar-refractivity contribution is 8.00. The number of benzene rings is 1. The molecule has 1 unspecified atom stereocenters. The fraction of sp³-hybridized carbons (Fsp3) is 0.594. The van der Waals surface area contributed by atoms with E-state index in [0.717, 1.165) is 53.5 Å². The minimum Gasteiger partial charge on any atom is -0.472 e. The third kappa shape index (κ3) is 6.06. The summed E-state index contributed by atoms with van der Waals surface area (Å²) in [6, 6.07) is 7.24. The van der Waals surface area contributed by atoms with Gasteiger partial charge in [0, 0.05) is 27.9 Å². The van der Waals surface area contributed by atoms with Crippen LogP contribution in [-0.2, 0) is 11.2 Å². The zero-order valence-electron chi connectivity index (χ0n) is 25.0. The van der Waals surface area contributed by atoms with Gasteiger partial charge < -0.3 is 30.6 Å². The highest BCUT2D eigenvalue weighted by Crippen LogP contribution is 2.55. The Morgan fingerprint density at radius 1 is 1.17 bits per heavy atom. The van der Waals surface area contributed by atoms with Crippen molar-refractivity contribution in [1.29, 1.82) is 0 Å². The first-order valence-electron chi connectivity index (χ1n) is 15.2. The normalized spacial score (nSPS) is 25.6. The lowest BCUT2D eigenvalue weighted by atomic mass is 9.53. The predicted octanol–water partition coefficient (Wildman–Crippen LogP) is 5.20. The van der Waals surface area contributed by atoms with E-state index in [0.29, 0.717) is 11.3 Å². The summed E-state index contributed by atoms with van der Waals surface area (Å²) in [5.41, 5.74) is 7.46. The SMILES string of the molecule is CC(C)Sc1c(OCC(C)(C)NC(=O)C(N)Cc2c[nH]c3ccccc23)noc1C(=O)NC12CC3CC(CC(C3)C1)C2. The van der Waals surface area contributed by atoms with E-state index < -0.39 is 11.6 Å². The maximum atomic E-state index is 13.6. The average Bonchev–Trinajstić information content (AvgIpc) is 3.50. The molecule has 0 spiro atoms. The Labute approximate surface area is 251 Å². The molecule has 226 valence electrons. The number of thioether (sulfide) groups is 1. The molecule has 0 radical (unpaired) electrons. The van der Waals surface area contributed by atoms with Crippen LogP contribution in [0.25, 0.3) is 10.9 Å². The van der Waals surface area contributed by atoms with Gasteiger partial charge in [-0.2, -0.15) is 0 Å². The molecule has 0 aliphatic heterocycles. The van der Waals surface area contributed by atoms with Gasteiger partial charge in [0.1, 0.15) is 11.5 Å². The zero-order valence-corrected chi connectivity index (χ0v) is 25.8. The van der Waals surface area contributed by atoms with Gasteiger partial charge in [0.25, 0.3) is 11.8 Å². The van der Waals surface area contributed by atoms with Crippen LogP contribution in [0.4, 0.5) is 0 Å². The molecule has 1 atom stereocenters. The van der Waals surface area contributed by atoms with Crippen LogP contribution in [-0.4, -0.2) is 50.9 Å². The van der Waals surface area contributed by atoms with Crippen molar-refractivity contribution < 1.29 is 18.8 Å². The lowest BCUT2D eigenvalue weighted by molar-refractivity contribution is -0.124. The molecule has 0 saturated heterocycles. The Morgan fingerprint density at radius 2 is 1.83 bits per heavy atom. The number of amides is 2. The largest absolute Gasteiger partial charge is 0.472 e. The lowest BCUT2D eigenvalue weighted by Gasteiger charge is -2.56. The van der Waals surface area contributed by atoms with Crippen molar-refractivity contribution in [3.8, 4) is 5.88 Å². The van der Waals surface area contributed by atoms with E-state index in [1.54, 1.807) is 0 Å². The van der Waals surface area contributed by atoms with Crippen molar-refractivity contribution in [3.05, 3.63) is 41.8 Å². The number of rotatable bonds is 11. The van der Waals surface area contributed by atoms with Crippen molar-refractivity contribution in [2.75, 3.05) is 6.61 Å². The minimum absolute atomic E-state index is 0.128. The number of hydrogen-bond donors (Lipinski definition) is 4. The first kappa shape index (κ1) is 29.1. The quantitative estimate of drug-likeness (QED) is 0.225. The third-order valence-corrected chi connectivity index (χ3v) is 10.1. The third-order valence-electron chi connectivity index (χ3n) is 9.08. The van der Waals surface area contributed by atoms with Gasteiger partial charge in [-0.05, 0) is 93.3 Å². The second kappa shape index (κ2) is 11.3. The molecule has 4 fully saturated rings. The number of carbonyl (C=O) groups is 2. The molecule has 2 heterocycles. The van der Waals surface area contributed by atoms with Gasteiger partial charge in [0.15, 0.2) is 0 Å². The van der Waals surface area contributed by atoms with Crippen LogP contribution in [0.15, 0.2) is 39.9 Å². The Hall–Kier alpha value is -2.98. The Bertz CT molecular complexity index is 1420. The number of nitrogens with two attached hydrogens (primary N) is 1. The maximum absolute atomic E-state index is 13.6. The second-order valence-corrected chi connectivity index (χ2v) is 15.4. The predicted molar refractivity (Wildman–Crippen MR) is 164 cm³/mol. The molecule has 4 bridgehead atoms. The van der Waals surface area contributed by atoms with E-state index in [9.17, 15) is 9.59 Å². The van der Waals surface area contributed by atoms with Gasteiger partial charge in [-0.3, -0.25) is 9.59 Å². The number of aromatic amines is 1. The summed E-state index contributed by atoms with van der Waals surface area (Å²) < 4.78 is 11.7. The van der Waals surface area contributed by atoms with Gasteiger partial charge in [0.05, 0.1) is 11.6 Å². The van der Waals surface area contributed by atoms with Gasteiger partial charge in [-0.25, -0.2) is 0 Å². The maximum Gasteiger partial charge on any atom is 0.291 e. The van der Waals surface area contributed by atoms with Gasteiger partial charge in [0.2, 0.25) is 11.7 Å². The van der Waals surface area contributed by atoms with Crippen molar-refractivity contribution in [3.63, 3.8) is 0 Å². The topological polar surface area (TPSA) is 135 Å². The number of nitrogens with zero attached hydrogens (tertiary/aromatic N) is 1. The number of nitrogens with one attached hydrogen (secondary N) is 3. The number of aromatic nitrogens is 2. The van der Waals surface area contributed by atoms with E-state index >= 15 is 0 Å². The molecule has 4 aliphatic rings. The fourth-order valence-electron chi connectivity index (χ4n) is 7.75. The van der Waals surface area contributed by atoms with Crippen LogP contribution in [0.1, 0.15) is 82.3 Å². The second-order valence-electron chi connectivity index (χ2n) is 13.8. The smallest absolute Gasteiger partial charge is 0.291 e.